The minimum absolute atomic E-state index is 0.124. The topological polar surface area (TPSA) is 84.8 Å². The molecule has 1 aromatic heterocycles. The van der Waals surface area contributed by atoms with Crippen molar-refractivity contribution in [2.45, 2.75) is 39.8 Å². The first-order valence-corrected chi connectivity index (χ1v) is 10.6. The Kier molecular flexibility index (Phi) is 8.72. The van der Waals surface area contributed by atoms with Crippen LogP contribution in [-0.2, 0) is 4.74 Å². The number of aromatic nitrogens is 1. The molecule has 0 aliphatic carbocycles. The highest BCUT2D eigenvalue weighted by molar-refractivity contribution is 7.13. The first kappa shape index (κ1) is 23.0. The Balaban J connectivity index is 1.91. The van der Waals surface area contributed by atoms with Crippen LogP contribution in [0.2, 0.25) is 5.02 Å². The number of esters is 1. The number of nitrogens with one attached hydrogen (secondary N) is 2. The van der Waals surface area contributed by atoms with Crippen molar-refractivity contribution in [3.8, 4) is 5.75 Å². The van der Waals surface area contributed by atoms with Crippen LogP contribution in [0, 0.1) is 6.92 Å². The van der Waals surface area contributed by atoms with Crippen LogP contribution in [0.3, 0.4) is 0 Å². The molecule has 29 heavy (non-hydrogen) atoms. The monoisotopic (exact) mass is 438 g/mol. The molecular formula is C20H27ClN4O3S. The van der Waals surface area contributed by atoms with E-state index >= 15 is 0 Å². The Morgan fingerprint density at radius 1 is 1.34 bits per heavy atom. The minimum Gasteiger partial charge on any atom is -0.487 e. The molecule has 0 saturated heterocycles. The quantitative estimate of drug-likeness (QED) is 0.368. The largest absolute Gasteiger partial charge is 0.487 e. The molecule has 7 nitrogen and oxygen atoms in total. The number of guanidine groups is 1. The molecule has 0 radical (unpaired) electrons. The number of rotatable bonds is 8. The van der Waals surface area contributed by atoms with Crippen molar-refractivity contribution in [2.75, 3.05) is 20.2 Å². The molecule has 0 spiro atoms. The van der Waals surface area contributed by atoms with Gasteiger partial charge in [-0.1, -0.05) is 23.7 Å². The van der Waals surface area contributed by atoms with Crippen LogP contribution in [-0.4, -0.2) is 43.2 Å². The number of benzene rings is 1. The number of halogens is 1. The van der Waals surface area contributed by atoms with Gasteiger partial charge in [0.1, 0.15) is 21.7 Å². The number of para-hydroxylation sites is 1. The summed E-state index contributed by atoms with van der Waals surface area (Å²) in [5.74, 6) is 0.913. The molecule has 158 valence electrons. The van der Waals surface area contributed by atoms with Gasteiger partial charge in [-0.25, -0.2) is 9.78 Å². The lowest BCUT2D eigenvalue weighted by molar-refractivity contribution is 0.0531. The minimum atomic E-state index is -0.339. The number of carbonyl (C=O) groups is 1. The molecule has 2 aromatic rings. The zero-order valence-electron chi connectivity index (χ0n) is 17.3. The lowest BCUT2D eigenvalue weighted by atomic mass is 10.3. The molecule has 2 unspecified atom stereocenters. The van der Waals surface area contributed by atoms with Crippen molar-refractivity contribution in [3.63, 3.8) is 0 Å². The summed E-state index contributed by atoms with van der Waals surface area (Å²) in [5, 5.41) is 7.87. The molecular weight excluding hydrogens is 412 g/mol. The number of carbonyl (C=O) groups excluding carboxylic acids is 1. The lowest BCUT2D eigenvalue weighted by Crippen LogP contribution is -2.42. The van der Waals surface area contributed by atoms with E-state index in [1.165, 1.54) is 11.3 Å². The number of ether oxygens (including phenoxy) is 2. The smallest absolute Gasteiger partial charge is 0.350 e. The summed E-state index contributed by atoms with van der Waals surface area (Å²) in [6.45, 7) is 8.37. The Labute approximate surface area is 180 Å². The van der Waals surface area contributed by atoms with Crippen LogP contribution < -0.4 is 15.4 Å². The predicted molar refractivity (Wildman–Crippen MR) is 117 cm³/mol. The summed E-state index contributed by atoms with van der Waals surface area (Å²) in [5.41, 5.74) is 0.668. The van der Waals surface area contributed by atoms with Crippen molar-refractivity contribution >= 4 is 34.9 Å². The first-order chi connectivity index (χ1) is 13.8. The second-order valence-corrected chi connectivity index (χ2v) is 7.80. The third-order valence-corrected chi connectivity index (χ3v) is 5.58. The summed E-state index contributed by atoms with van der Waals surface area (Å²) in [6.07, 6.45) is -0.124. The molecule has 0 bridgehead atoms. The summed E-state index contributed by atoms with van der Waals surface area (Å²) >= 11 is 7.46. The second kappa shape index (κ2) is 11.0. The normalized spacial score (nSPS) is 13.5. The first-order valence-electron chi connectivity index (χ1n) is 9.38. The number of hydrogen-bond donors (Lipinski definition) is 2. The van der Waals surface area contributed by atoms with Crippen molar-refractivity contribution in [3.05, 3.63) is 44.9 Å². The molecule has 0 aliphatic heterocycles. The van der Waals surface area contributed by atoms with Gasteiger partial charge < -0.3 is 20.1 Å². The standard InChI is InChI=1S/C20H27ClN4O3S/c1-6-27-19(26)17-13(3)24-18(29-17)14(4)25-20(22-5)23-11-12(2)28-16-10-8-7-9-15(16)21/h7-10,12,14H,6,11H2,1-5H3,(H2,22,23,25). The highest BCUT2D eigenvalue weighted by Gasteiger charge is 2.20. The fraction of sp³-hybridized carbons (Fsp3) is 0.450. The number of nitrogens with zero attached hydrogens (tertiary/aromatic N) is 2. The number of aryl methyl sites for hydroxylation is 1. The van der Waals surface area contributed by atoms with E-state index in [9.17, 15) is 4.79 Å². The maximum Gasteiger partial charge on any atom is 0.350 e. The van der Waals surface area contributed by atoms with Gasteiger partial charge >= 0.3 is 5.97 Å². The van der Waals surface area contributed by atoms with Gasteiger partial charge in [-0.05, 0) is 39.8 Å². The van der Waals surface area contributed by atoms with Crippen LogP contribution in [0.1, 0.15) is 47.2 Å². The third kappa shape index (κ3) is 6.61. The molecule has 0 saturated carbocycles. The highest BCUT2D eigenvalue weighted by Crippen LogP contribution is 2.25. The maximum atomic E-state index is 12.0. The fourth-order valence-electron chi connectivity index (χ4n) is 2.49. The summed E-state index contributed by atoms with van der Waals surface area (Å²) < 4.78 is 10.9. The number of aliphatic imine (C=N–C) groups is 1. The van der Waals surface area contributed by atoms with Crippen LogP contribution >= 0.6 is 22.9 Å². The zero-order valence-corrected chi connectivity index (χ0v) is 18.9. The molecule has 2 rings (SSSR count). The van der Waals surface area contributed by atoms with Gasteiger partial charge in [-0.2, -0.15) is 0 Å². The van der Waals surface area contributed by atoms with Crippen molar-refractivity contribution < 1.29 is 14.3 Å². The van der Waals surface area contributed by atoms with Crippen LogP contribution in [0.4, 0.5) is 0 Å². The Hall–Kier alpha value is -2.32. The van der Waals surface area contributed by atoms with E-state index < -0.39 is 0 Å². The maximum absolute atomic E-state index is 12.0. The molecule has 0 amide bonds. The zero-order chi connectivity index (χ0) is 21.4. The summed E-state index contributed by atoms with van der Waals surface area (Å²) in [7, 11) is 1.69. The van der Waals surface area contributed by atoms with E-state index in [0.717, 1.165) is 5.01 Å². The average Bonchev–Trinajstić information content (AvgIpc) is 3.09. The van der Waals surface area contributed by atoms with E-state index in [1.54, 1.807) is 27.0 Å². The molecule has 0 aliphatic rings. The van der Waals surface area contributed by atoms with Gasteiger partial charge in [-0.3, -0.25) is 4.99 Å². The molecule has 2 atom stereocenters. The Morgan fingerprint density at radius 2 is 2.07 bits per heavy atom. The van der Waals surface area contributed by atoms with Crippen LogP contribution in [0.15, 0.2) is 29.3 Å². The van der Waals surface area contributed by atoms with Gasteiger partial charge in [-0.15, -0.1) is 11.3 Å². The molecule has 0 fully saturated rings. The SMILES string of the molecule is CCOC(=O)c1sc(C(C)NC(=NC)NCC(C)Oc2ccccc2Cl)nc1C. The Morgan fingerprint density at radius 3 is 2.72 bits per heavy atom. The lowest BCUT2D eigenvalue weighted by Gasteiger charge is -2.20. The van der Waals surface area contributed by atoms with E-state index in [4.69, 9.17) is 21.1 Å². The van der Waals surface area contributed by atoms with E-state index in [1.807, 2.05) is 32.0 Å². The van der Waals surface area contributed by atoms with Crippen molar-refractivity contribution in [1.82, 2.24) is 15.6 Å². The molecule has 1 heterocycles. The molecule has 2 N–H and O–H groups in total. The second-order valence-electron chi connectivity index (χ2n) is 6.37. The van der Waals surface area contributed by atoms with Gasteiger partial charge in [0.05, 0.1) is 29.9 Å². The third-order valence-electron chi connectivity index (χ3n) is 3.94. The summed E-state index contributed by atoms with van der Waals surface area (Å²) in [6, 6.07) is 7.23. The summed E-state index contributed by atoms with van der Waals surface area (Å²) in [4.78, 5) is 21.3. The van der Waals surface area contributed by atoms with Gasteiger partial charge in [0.15, 0.2) is 5.96 Å². The van der Waals surface area contributed by atoms with Crippen LogP contribution in [0.25, 0.3) is 0 Å². The van der Waals surface area contributed by atoms with Crippen molar-refractivity contribution in [2.24, 2.45) is 4.99 Å². The predicted octanol–water partition coefficient (Wildman–Crippen LogP) is 3.98. The number of hydrogen-bond acceptors (Lipinski definition) is 6. The van der Waals surface area contributed by atoms with E-state index in [0.29, 0.717) is 40.5 Å². The van der Waals surface area contributed by atoms with Gasteiger partial charge in [0.2, 0.25) is 0 Å². The Bertz CT molecular complexity index is 856. The average molecular weight is 439 g/mol. The van der Waals surface area contributed by atoms with Gasteiger partial charge in [0.25, 0.3) is 0 Å². The number of thiazole rings is 1. The van der Waals surface area contributed by atoms with Crippen LogP contribution in [0.5, 0.6) is 5.75 Å². The molecule has 9 heteroatoms. The van der Waals surface area contributed by atoms with E-state index in [-0.39, 0.29) is 18.1 Å². The van der Waals surface area contributed by atoms with Crippen molar-refractivity contribution in [1.29, 1.82) is 0 Å². The molecule has 1 aromatic carbocycles. The van der Waals surface area contributed by atoms with E-state index in [2.05, 4.69) is 20.6 Å². The fourth-order valence-corrected chi connectivity index (χ4v) is 3.63. The van der Waals surface area contributed by atoms with Gasteiger partial charge in [0, 0.05) is 7.05 Å². The highest BCUT2D eigenvalue weighted by atomic mass is 35.5.